The third-order valence-electron chi connectivity index (χ3n) is 8.18. The van der Waals surface area contributed by atoms with Crippen LogP contribution in [0.25, 0.3) is 0 Å². The lowest BCUT2D eigenvalue weighted by Crippen LogP contribution is -2.46. The summed E-state index contributed by atoms with van der Waals surface area (Å²) in [7, 11) is 0. The van der Waals surface area contributed by atoms with Crippen molar-refractivity contribution in [2.24, 2.45) is 0 Å². The van der Waals surface area contributed by atoms with Gasteiger partial charge in [-0.2, -0.15) is 0 Å². The first-order valence-corrected chi connectivity index (χ1v) is 14.4. The molecule has 2 aromatic rings. The zero-order valence-corrected chi connectivity index (χ0v) is 22.2. The van der Waals surface area contributed by atoms with Crippen LogP contribution in [-0.2, 0) is 17.7 Å². The number of ether oxygens (including phenoxy) is 2. The first-order valence-electron chi connectivity index (χ1n) is 14.4. The minimum absolute atomic E-state index is 0.00622. The van der Waals surface area contributed by atoms with Crippen molar-refractivity contribution < 1.29 is 14.3 Å². The summed E-state index contributed by atoms with van der Waals surface area (Å²) in [6.07, 6.45) is 11.1. The average molecular weight is 506 g/mol. The molecule has 2 fully saturated rings. The van der Waals surface area contributed by atoms with E-state index in [1.807, 2.05) is 18.2 Å². The largest absolute Gasteiger partial charge is 0.491 e. The maximum Gasteiger partial charge on any atom is 0.251 e. The molecular weight excluding hydrogens is 462 g/mol. The number of carbonyl (C=O) groups excluding carboxylic acids is 1. The Bertz CT molecular complexity index is 1020. The number of rotatable bonds is 5. The average Bonchev–Trinajstić information content (AvgIpc) is 3.46. The molecular formula is C31H43N3O3. The Morgan fingerprint density at radius 1 is 0.973 bits per heavy atom. The van der Waals surface area contributed by atoms with E-state index in [1.54, 1.807) is 0 Å². The first-order chi connectivity index (χ1) is 18.3. The van der Waals surface area contributed by atoms with E-state index in [0.29, 0.717) is 31.4 Å². The van der Waals surface area contributed by atoms with Gasteiger partial charge in [-0.25, -0.2) is 0 Å². The van der Waals surface area contributed by atoms with Gasteiger partial charge in [0.2, 0.25) is 0 Å². The Morgan fingerprint density at radius 2 is 1.84 bits per heavy atom. The van der Waals surface area contributed by atoms with Crippen molar-refractivity contribution >= 4 is 5.91 Å². The van der Waals surface area contributed by atoms with Gasteiger partial charge in [0.25, 0.3) is 5.91 Å². The summed E-state index contributed by atoms with van der Waals surface area (Å²) in [5, 5.41) is 6.65. The molecule has 1 aliphatic carbocycles. The van der Waals surface area contributed by atoms with Gasteiger partial charge in [0.05, 0.1) is 13.2 Å². The number of fused-ring (bicyclic) bond motifs is 3. The molecule has 3 aliphatic rings. The van der Waals surface area contributed by atoms with Crippen LogP contribution in [0.5, 0.6) is 5.75 Å². The Hall–Kier alpha value is -2.41. The number of likely N-dealkylation sites (tertiary alicyclic amines) is 1. The van der Waals surface area contributed by atoms with Crippen LogP contribution in [0.1, 0.15) is 78.4 Å². The number of piperidine rings is 1. The minimum atomic E-state index is 0.00622. The van der Waals surface area contributed by atoms with Crippen LogP contribution >= 0.6 is 0 Å². The number of nitrogens with zero attached hydrogens (tertiary/aromatic N) is 1. The molecule has 1 saturated heterocycles. The third-order valence-corrected chi connectivity index (χ3v) is 8.18. The second-order valence-electron chi connectivity index (χ2n) is 10.8. The Labute approximate surface area is 222 Å². The van der Waals surface area contributed by atoms with Gasteiger partial charge in [0.15, 0.2) is 0 Å². The molecule has 2 heterocycles. The van der Waals surface area contributed by atoms with Crippen molar-refractivity contribution in [3.63, 3.8) is 0 Å². The topological polar surface area (TPSA) is 62.8 Å². The van der Waals surface area contributed by atoms with Crippen molar-refractivity contribution in [1.29, 1.82) is 0 Å². The normalized spacial score (nSPS) is 22.0. The second kappa shape index (κ2) is 13.4. The molecule has 1 amide bonds. The van der Waals surface area contributed by atoms with E-state index in [0.717, 1.165) is 49.8 Å². The molecule has 2 bridgehead atoms. The number of nitrogens with one attached hydrogen (secondary N) is 2. The van der Waals surface area contributed by atoms with Crippen molar-refractivity contribution in [3.8, 4) is 5.75 Å². The predicted molar refractivity (Wildman–Crippen MR) is 147 cm³/mol. The number of carbonyl (C=O) groups is 1. The van der Waals surface area contributed by atoms with Gasteiger partial charge in [-0.05, 0) is 73.5 Å². The van der Waals surface area contributed by atoms with E-state index in [4.69, 9.17) is 9.47 Å². The second-order valence-corrected chi connectivity index (χ2v) is 10.8. The van der Waals surface area contributed by atoms with Crippen LogP contribution in [0.4, 0.5) is 0 Å². The first kappa shape index (κ1) is 26.2. The summed E-state index contributed by atoms with van der Waals surface area (Å²) < 4.78 is 11.8. The molecule has 6 nitrogen and oxygen atoms in total. The summed E-state index contributed by atoms with van der Waals surface area (Å²) in [5.74, 6) is 0.835. The quantitative estimate of drug-likeness (QED) is 0.617. The highest BCUT2D eigenvalue weighted by atomic mass is 16.5. The number of hydrogen-bond donors (Lipinski definition) is 2. The van der Waals surface area contributed by atoms with Gasteiger partial charge >= 0.3 is 0 Å². The third kappa shape index (κ3) is 7.34. The molecule has 37 heavy (non-hydrogen) atoms. The molecule has 0 radical (unpaired) electrons. The molecule has 6 heteroatoms. The molecule has 5 rings (SSSR count). The fraction of sp³-hybridized carbons (Fsp3) is 0.581. The number of benzene rings is 2. The predicted octanol–water partition coefficient (Wildman–Crippen LogP) is 4.69. The van der Waals surface area contributed by atoms with E-state index >= 15 is 0 Å². The highest BCUT2D eigenvalue weighted by Crippen LogP contribution is 2.30. The van der Waals surface area contributed by atoms with Crippen LogP contribution in [0.15, 0.2) is 42.5 Å². The smallest absolute Gasteiger partial charge is 0.251 e. The van der Waals surface area contributed by atoms with Crippen LogP contribution in [0.2, 0.25) is 0 Å². The van der Waals surface area contributed by atoms with Crippen LogP contribution in [0.3, 0.4) is 0 Å². The summed E-state index contributed by atoms with van der Waals surface area (Å²) in [6.45, 7) is 5.31. The van der Waals surface area contributed by atoms with E-state index in [9.17, 15) is 4.79 Å². The lowest BCUT2D eigenvalue weighted by molar-refractivity contribution is 0.0859. The van der Waals surface area contributed by atoms with E-state index < -0.39 is 0 Å². The Kier molecular flexibility index (Phi) is 9.49. The summed E-state index contributed by atoms with van der Waals surface area (Å²) in [5.41, 5.74) is 4.21. The van der Waals surface area contributed by atoms with Crippen molar-refractivity contribution in [2.45, 2.75) is 76.4 Å². The van der Waals surface area contributed by atoms with Crippen LogP contribution in [0, 0.1) is 0 Å². The lowest BCUT2D eigenvalue weighted by atomic mass is 9.96. The van der Waals surface area contributed by atoms with E-state index in [1.165, 1.54) is 62.6 Å². The van der Waals surface area contributed by atoms with E-state index in [2.05, 4.69) is 39.8 Å². The zero-order valence-electron chi connectivity index (χ0n) is 22.2. The summed E-state index contributed by atoms with van der Waals surface area (Å²) in [4.78, 5) is 15.9. The maximum absolute atomic E-state index is 13.2. The molecule has 1 saturated carbocycles. The van der Waals surface area contributed by atoms with E-state index in [-0.39, 0.29) is 5.91 Å². The summed E-state index contributed by atoms with van der Waals surface area (Å²) >= 11 is 0. The number of hydrogen-bond acceptors (Lipinski definition) is 5. The van der Waals surface area contributed by atoms with Crippen LogP contribution < -0.4 is 15.4 Å². The highest BCUT2D eigenvalue weighted by molar-refractivity contribution is 5.94. The van der Waals surface area contributed by atoms with Gasteiger partial charge in [0.1, 0.15) is 12.4 Å². The Balaban J connectivity index is 1.23. The standard InChI is InChI=1S/C31H43N3O3/c35-31(33-14-13-29-10-3-4-16-34(29)28-8-1-2-9-28)26-11-12-30-27(22-26)21-24-6-5-7-25(20-24)23-32-15-17-36-18-19-37-30/h5-7,11-12,20,22,28-29,32H,1-4,8-10,13-19,21,23H2,(H,33,35). The van der Waals surface area contributed by atoms with Crippen molar-refractivity contribution in [2.75, 3.05) is 39.5 Å². The molecule has 1 atom stereocenters. The van der Waals surface area contributed by atoms with Gasteiger partial charge in [0, 0.05) is 43.7 Å². The molecule has 0 aromatic heterocycles. The van der Waals surface area contributed by atoms with Crippen molar-refractivity contribution in [3.05, 3.63) is 64.7 Å². The molecule has 1 unspecified atom stereocenters. The SMILES string of the molecule is O=C(NCCC1CCCCN1C1CCCC1)c1ccc2c(c1)Cc1cccc(c1)CNCCOCCO2. The maximum atomic E-state index is 13.2. The minimum Gasteiger partial charge on any atom is -0.491 e. The lowest BCUT2D eigenvalue weighted by Gasteiger charge is -2.40. The number of amides is 1. The van der Waals surface area contributed by atoms with Crippen LogP contribution in [-0.4, -0.2) is 62.3 Å². The molecule has 2 N–H and O–H groups in total. The fourth-order valence-electron chi connectivity index (χ4n) is 6.26. The van der Waals surface area contributed by atoms with Gasteiger partial charge in [-0.1, -0.05) is 43.5 Å². The monoisotopic (exact) mass is 505 g/mol. The molecule has 2 aromatic carbocycles. The summed E-state index contributed by atoms with van der Waals surface area (Å²) in [6, 6.07) is 15.9. The van der Waals surface area contributed by atoms with Gasteiger partial charge in [-0.15, -0.1) is 0 Å². The van der Waals surface area contributed by atoms with Gasteiger partial charge in [-0.3, -0.25) is 9.69 Å². The fourth-order valence-corrected chi connectivity index (χ4v) is 6.26. The zero-order chi connectivity index (χ0) is 25.3. The van der Waals surface area contributed by atoms with Crippen molar-refractivity contribution in [1.82, 2.24) is 15.5 Å². The molecule has 2 aliphatic heterocycles. The van der Waals surface area contributed by atoms with Gasteiger partial charge < -0.3 is 20.1 Å². The highest BCUT2D eigenvalue weighted by Gasteiger charge is 2.30. The Morgan fingerprint density at radius 3 is 2.76 bits per heavy atom. The molecule has 0 spiro atoms. The molecule has 200 valence electrons.